The molecule has 2 aromatic rings. The molecule has 0 aliphatic carbocycles. The van der Waals surface area contributed by atoms with Crippen LogP contribution in [0.4, 0.5) is 5.82 Å². The average Bonchev–Trinajstić information content (AvgIpc) is 3.00. The summed E-state index contributed by atoms with van der Waals surface area (Å²) in [5, 5.41) is 2.82. The van der Waals surface area contributed by atoms with Crippen molar-refractivity contribution in [2.75, 3.05) is 18.9 Å². The molecule has 0 fully saturated rings. The summed E-state index contributed by atoms with van der Waals surface area (Å²) in [4.78, 5) is 8.17. The monoisotopic (exact) mass is 309 g/mol. The van der Waals surface area contributed by atoms with Crippen LogP contribution in [0.1, 0.15) is 12.8 Å². The van der Waals surface area contributed by atoms with Crippen molar-refractivity contribution in [2.45, 2.75) is 24.3 Å². The number of imidazole rings is 1. The second-order valence-corrected chi connectivity index (χ2v) is 6.30. The van der Waals surface area contributed by atoms with Gasteiger partial charge in [0, 0.05) is 44.8 Å². The first kappa shape index (κ1) is 15.5. The van der Waals surface area contributed by atoms with Gasteiger partial charge >= 0.3 is 0 Å². The molecule has 0 spiro atoms. The Morgan fingerprint density at radius 2 is 2.14 bits per heavy atom. The molecule has 0 aromatic carbocycles. The summed E-state index contributed by atoms with van der Waals surface area (Å²) in [5.41, 5.74) is 0. The molecule has 0 atom stereocenters. The van der Waals surface area contributed by atoms with Crippen LogP contribution in [0.2, 0.25) is 0 Å². The smallest absolute Gasteiger partial charge is 0.240 e. The van der Waals surface area contributed by atoms with E-state index >= 15 is 0 Å². The fraction of sp³-hybridized carbons (Fsp3) is 0.385. The Bertz CT molecular complexity index is 655. The van der Waals surface area contributed by atoms with E-state index in [0.29, 0.717) is 12.4 Å². The third-order valence-electron chi connectivity index (χ3n) is 2.99. The number of rotatable bonds is 8. The lowest BCUT2D eigenvalue weighted by atomic mass is 10.3. The number of aryl methyl sites for hydroxylation is 1. The zero-order valence-electron chi connectivity index (χ0n) is 11.9. The van der Waals surface area contributed by atoms with Crippen LogP contribution in [0.25, 0.3) is 0 Å². The Hall–Kier alpha value is -1.93. The van der Waals surface area contributed by atoms with Gasteiger partial charge in [-0.1, -0.05) is 0 Å². The second kappa shape index (κ2) is 7.19. The quantitative estimate of drug-likeness (QED) is 0.712. The van der Waals surface area contributed by atoms with Crippen LogP contribution in [0.3, 0.4) is 0 Å². The zero-order chi connectivity index (χ0) is 15.1. The normalized spacial score (nSPS) is 11.5. The van der Waals surface area contributed by atoms with Gasteiger partial charge in [-0.25, -0.2) is 23.1 Å². The highest BCUT2D eigenvalue weighted by Gasteiger charge is 2.13. The first-order chi connectivity index (χ1) is 10.1. The molecule has 0 bridgehead atoms. The maximum atomic E-state index is 12.1. The number of nitrogens with zero attached hydrogens (tertiary/aromatic N) is 3. The van der Waals surface area contributed by atoms with E-state index in [1.165, 1.54) is 18.3 Å². The Balaban J connectivity index is 1.80. The Kier molecular flexibility index (Phi) is 5.29. The molecule has 0 saturated heterocycles. The molecule has 7 nitrogen and oxygen atoms in total. The van der Waals surface area contributed by atoms with Crippen LogP contribution in [0.5, 0.6) is 0 Å². The molecule has 21 heavy (non-hydrogen) atoms. The fourth-order valence-electron chi connectivity index (χ4n) is 1.84. The minimum atomic E-state index is -3.48. The van der Waals surface area contributed by atoms with Gasteiger partial charge in [0.15, 0.2) is 0 Å². The molecule has 0 radical (unpaired) electrons. The van der Waals surface area contributed by atoms with Gasteiger partial charge in [-0.3, -0.25) is 0 Å². The fourth-order valence-corrected chi connectivity index (χ4v) is 2.93. The minimum Gasteiger partial charge on any atom is -0.373 e. The second-order valence-electron chi connectivity index (χ2n) is 4.53. The predicted octanol–water partition coefficient (Wildman–Crippen LogP) is 1.08. The molecule has 0 unspecified atom stereocenters. The van der Waals surface area contributed by atoms with E-state index < -0.39 is 10.0 Å². The summed E-state index contributed by atoms with van der Waals surface area (Å²) in [5.74, 6) is 0.526. The van der Waals surface area contributed by atoms with E-state index in [1.807, 2.05) is 10.8 Å². The lowest BCUT2D eigenvalue weighted by Crippen LogP contribution is -2.25. The van der Waals surface area contributed by atoms with Crippen LogP contribution >= 0.6 is 0 Å². The average molecular weight is 309 g/mol. The predicted molar refractivity (Wildman–Crippen MR) is 80.4 cm³/mol. The van der Waals surface area contributed by atoms with E-state index in [4.69, 9.17) is 0 Å². The molecule has 0 aliphatic rings. The Morgan fingerprint density at radius 1 is 1.29 bits per heavy atom. The van der Waals surface area contributed by atoms with Crippen LogP contribution in [0.15, 0.2) is 41.9 Å². The van der Waals surface area contributed by atoms with Gasteiger partial charge in [-0.05, 0) is 18.9 Å². The van der Waals surface area contributed by atoms with Gasteiger partial charge in [0.1, 0.15) is 5.82 Å². The van der Waals surface area contributed by atoms with Crippen molar-refractivity contribution in [2.24, 2.45) is 0 Å². The highest BCUT2D eigenvalue weighted by Crippen LogP contribution is 2.12. The topological polar surface area (TPSA) is 88.9 Å². The zero-order valence-corrected chi connectivity index (χ0v) is 12.7. The standard InChI is InChI=1S/C13H19N5O2S/c1-14-13-10-12(4-6-16-13)21(19,20)17-5-2-3-8-18-9-7-15-11-18/h4,6-7,9-11,17H,2-3,5,8H2,1H3,(H,14,16). The number of unbranched alkanes of at least 4 members (excludes halogenated alkanes) is 1. The molecular formula is C13H19N5O2S. The van der Waals surface area contributed by atoms with Crippen LogP contribution in [-0.2, 0) is 16.6 Å². The Labute approximate surface area is 124 Å². The molecule has 0 saturated carbocycles. The van der Waals surface area contributed by atoms with E-state index in [0.717, 1.165) is 19.4 Å². The highest BCUT2D eigenvalue weighted by atomic mass is 32.2. The molecule has 2 aromatic heterocycles. The van der Waals surface area contributed by atoms with Crippen LogP contribution in [-0.4, -0.2) is 36.5 Å². The molecule has 2 N–H and O–H groups in total. The van der Waals surface area contributed by atoms with Crippen LogP contribution in [0, 0.1) is 0 Å². The third kappa shape index (κ3) is 4.54. The molecular weight excluding hydrogens is 290 g/mol. The molecule has 0 amide bonds. The first-order valence-corrected chi connectivity index (χ1v) is 8.19. The number of pyridine rings is 1. The van der Waals surface area contributed by atoms with E-state index in [1.54, 1.807) is 19.6 Å². The van der Waals surface area contributed by atoms with Crippen molar-refractivity contribution < 1.29 is 8.42 Å². The van der Waals surface area contributed by atoms with E-state index in [9.17, 15) is 8.42 Å². The van der Waals surface area contributed by atoms with Crippen molar-refractivity contribution in [3.63, 3.8) is 0 Å². The van der Waals surface area contributed by atoms with Gasteiger partial charge in [0.2, 0.25) is 10.0 Å². The van der Waals surface area contributed by atoms with E-state index in [2.05, 4.69) is 20.0 Å². The summed E-state index contributed by atoms with van der Waals surface area (Å²) in [6, 6.07) is 2.99. The van der Waals surface area contributed by atoms with Gasteiger partial charge in [0.05, 0.1) is 11.2 Å². The summed E-state index contributed by atoms with van der Waals surface area (Å²) in [6.07, 6.45) is 8.49. The van der Waals surface area contributed by atoms with Crippen molar-refractivity contribution >= 4 is 15.8 Å². The van der Waals surface area contributed by atoms with E-state index in [-0.39, 0.29) is 4.90 Å². The molecule has 2 rings (SSSR count). The minimum absolute atomic E-state index is 0.219. The largest absolute Gasteiger partial charge is 0.373 e. The number of anilines is 1. The maximum absolute atomic E-state index is 12.1. The number of aromatic nitrogens is 3. The molecule has 114 valence electrons. The maximum Gasteiger partial charge on any atom is 0.240 e. The molecule has 8 heteroatoms. The highest BCUT2D eigenvalue weighted by molar-refractivity contribution is 7.89. The number of sulfonamides is 1. The number of hydrogen-bond donors (Lipinski definition) is 2. The van der Waals surface area contributed by atoms with Crippen molar-refractivity contribution in [3.05, 3.63) is 37.1 Å². The molecule has 2 heterocycles. The first-order valence-electron chi connectivity index (χ1n) is 6.71. The summed E-state index contributed by atoms with van der Waals surface area (Å²) >= 11 is 0. The number of hydrogen-bond acceptors (Lipinski definition) is 5. The summed E-state index contributed by atoms with van der Waals surface area (Å²) in [7, 11) is -1.78. The lowest BCUT2D eigenvalue weighted by molar-refractivity contribution is 0.566. The van der Waals surface area contributed by atoms with Crippen LogP contribution < -0.4 is 10.0 Å². The van der Waals surface area contributed by atoms with Crippen molar-refractivity contribution in [3.8, 4) is 0 Å². The van der Waals surface area contributed by atoms with Gasteiger partial charge < -0.3 is 9.88 Å². The third-order valence-corrected chi connectivity index (χ3v) is 4.45. The van der Waals surface area contributed by atoms with Gasteiger partial charge in [-0.2, -0.15) is 0 Å². The lowest BCUT2D eigenvalue weighted by Gasteiger charge is -2.08. The van der Waals surface area contributed by atoms with Crippen molar-refractivity contribution in [1.82, 2.24) is 19.3 Å². The molecule has 0 aliphatic heterocycles. The Morgan fingerprint density at radius 3 is 2.86 bits per heavy atom. The summed E-state index contributed by atoms with van der Waals surface area (Å²) < 4.78 is 28.8. The summed E-state index contributed by atoms with van der Waals surface area (Å²) in [6.45, 7) is 1.25. The SMILES string of the molecule is CNc1cc(S(=O)(=O)NCCCCn2ccnc2)ccn1. The van der Waals surface area contributed by atoms with Crippen molar-refractivity contribution in [1.29, 1.82) is 0 Å². The number of nitrogens with one attached hydrogen (secondary N) is 2. The van der Waals surface area contributed by atoms with Gasteiger partial charge in [-0.15, -0.1) is 0 Å². The van der Waals surface area contributed by atoms with Gasteiger partial charge in [0.25, 0.3) is 0 Å².